The molecule has 0 bridgehead atoms. The zero-order valence-electron chi connectivity index (χ0n) is 33.2. The molecular weight excluding hydrogens is 620 g/mol. The smallest absolute Gasteiger partial charge is 0.306 e. The van der Waals surface area contributed by atoms with E-state index >= 15 is 0 Å². The van der Waals surface area contributed by atoms with Crippen LogP contribution in [0.25, 0.3) is 0 Å². The van der Waals surface area contributed by atoms with Crippen LogP contribution in [0.4, 0.5) is 0 Å². The lowest BCUT2D eigenvalue weighted by Gasteiger charge is -2.15. The molecule has 0 aromatic carbocycles. The van der Waals surface area contributed by atoms with Crippen molar-refractivity contribution in [1.82, 2.24) is 0 Å². The van der Waals surface area contributed by atoms with Crippen LogP contribution in [-0.2, 0) is 19.1 Å². The lowest BCUT2D eigenvalue weighted by atomic mass is 10.0. The fourth-order valence-corrected chi connectivity index (χ4v) is 6.15. The van der Waals surface area contributed by atoms with E-state index in [1.165, 1.54) is 128 Å². The Kier molecular flexibility index (Phi) is 40.0. The van der Waals surface area contributed by atoms with Crippen LogP contribution in [0.15, 0.2) is 36.5 Å². The Morgan fingerprint density at radius 3 is 1.24 bits per heavy atom. The van der Waals surface area contributed by atoms with Crippen molar-refractivity contribution in [2.45, 2.75) is 225 Å². The molecule has 0 aliphatic carbocycles. The van der Waals surface area contributed by atoms with E-state index in [2.05, 4.69) is 50.3 Å². The number of carbonyl (C=O) groups is 2. The number of hydrogen-bond donors (Lipinski definition) is 1. The third-order valence-corrected chi connectivity index (χ3v) is 9.44. The minimum atomic E-state index is -0.780. The van der Waals surface area contributed by atoms with Crippen LogP contribution >= 0.6 is 0 Å². The van der Waals surface area contributed by atoms with Gasteiger partial charge in [-0.1, -0.05) is 192 Å². The van der Waals surface area contributed by atoms with Gasteiger partial charge in [-0.15, -0.1) is 0 Å². The van der Waals surface area contributed by atoms with Gasteiger partial charge in [0.15, 0.2) is 6.10 Å². The maximum Gasteiger partial charge on any atom is 0.306 e. The van der Waals surface area contributed by atoms with Crippen molar-refractivity contribution in [3.63, 3.8) is 0 Å². The Bertz CT molecular complexity index is 801. The van der Waals surface area contributed by atoms with Crippen molar-refractivity contribution in [2.75, 3.05) is 13.2 Å². The predicted octanol–water partition coefficient (Wildman–Crippen LogP) is 13.6. The second-order valence-corrected chi connectivity index (χ2v) is 14.4. The summed E-state index contributed by atoms with van der Waals surface area (Å²) in [5, 5.41) is 9.57. The second-order valence-electron chi connectivity index (χ2n) is 14.4. The molecule has 0 unspecified atom stereocenters. The molecule has 5 nitrogen and oxygen atoms in total. The number of esters is 2. The van der Waals surface area contributed by atoms with Crippen LogP contribution in [-0.4, -0.2) is 36.4 Å². The maximum absolute atomic E-state index is 12.2. The quantitative estimate of drug-likeness (QED) is 0.0392. The first-order chi connectivity index (χ1) is 24.6. The van der Waals surface area contributed by atoms with Gasteiger partial charge in [-0.2, -0.15) is 0 Å². The Labute approximate surface area is 310 Å². The summed E-state index contributed by atoms with van der Waals surface area (Å²) < 4.78 is 10.6. The summed E-state index contributed by atoms with van der Waals surface area (Å²) in [7, 11) is 0. The minimum absolute atomic E-state index is 0.0720. The van der Waals surface area contributed by atoms with Gasteiger partial charge in [-0.05, 0) is 51.4 Å². The highest BCUT2D eigenvalue weighted by molar-refractivity contribution is 5.70. The number of rotatable bonds is 39. The summed E-state index contributed by atoms with van der Waals surface area (Å²) in [5.74, 6) is -0.608. The third-order valence-electron chi connectivity index (χ3n) is 9.44. The van der Waals surface area contributed by atoms with Crippen LogP contribution in [0, 0.1) is 0 Å². The summed E-state index contributed by atoms with van der Waals surface area (Å²) in [6.07, 6.45) is 50.7. The molecule has 0 fully saturated rings. The van der Waals surface area contributed by atoms with E-state index < -0.39 is 6.10 Å². The number of aliphatic hydroxyl groups is 1. The largest absolute Gasteiger partial charge is 0.462 e. The molecule has 0 aromatic rings. The van der Waals surface area contributed by atoms with Gasteiger partial charge in [0.05, 0.1) is 6.61 Å². The zero-order chi connectivity index (χ0) is 36.4. The molecule has 0 aliphatic rings. The molecule has 0 saturated heterocycles. The van der Waals surface area contributed by atoms with Crippen molar-refractivity contribution in [3.05, 3.63) is 36.5 Å². The molecule has 0 aromatic heterocycles. The fourth-order valence-electron chi connectivity index (χ4n) is 6.15. The molecule has 0 amide bonds. The minimum Gasteiger partial charge on any atom is -0.462 e. The molecule has 0 heterocycles. The van der Waals surface area contributed by atoms with Crippen molar-refractivity contribution in [2.24, 2.45) is 0 Å². The first-order valence-corrected chi connectivity index (χ1v) is 21.5. The van der Waals surface area contributed by atoms with Crippen molar-refractivity contribution >= 4 is 11.9 Å². The van der Waals surface area contributed by atoms with Gasteiger partial charge < -0.3 is 14.6 Å². The van der Waals surface area contributed by atoms with E-state index in [0.717, 1.165) is 64.2 Å². The van der Waals surface area contributed by atoms with Gasteiger partial charge in [0.2, 0.25) is 0 Å². The molecule has 1 atom stereocenters. The topological polar surface area (TPSA) is 72.8 Å². The number of allylic oxidation sites excluding steroid dienone is 6. The SMILES string of the molecule is CCCCCC=CCC=CCC=CCCCCCCC(=O)O[C@@H](CO)COC(=O)CCCCCCCCCCCCCCCCCCCCC. The van der Waals surface area contributed by atoms with Crippen LogP contribution in [0.2, 0.25) is 0 Å². The molecular formula is C45H82O5. The lowest BCUT2D eigenvalue weighted by molar-refractivity contribution is -0.161. The van der Waals surface area contributed by atoms with E-state index in [9.17, 15) is 14.7 Å². The highest BCUT2D eigenvalue weighted by atomic mass is 16.6. The number of unbranched alkanes of at least 4 members (excludes halogenated alkanes) is 25. The summed E-state index contributed by atoms with van der Waals surface area (Å²) in [6, 6.07) is 0. The molecule has 0 spiro atoms. The summed E-state index contributed by atoms with van der Waals surface area (Å²) in [6.45, 7) is 4.11. The standard InChI is InChI=1S/C45H82O5/c1-3-5-7-9-11-13-15-17-19-21-22-24-25-27-29-31-33-35-37-39-44(47)49-42-43(41-46)50-45(48)40-38-36-34-32-30-28-26-23-20-18-16-14-12-10-8-6-4-2/h12,14,18,20,26,28,43,46H,3-11,13,15-17,19,21-25,27,29-42H2,1-2H3/t43-/m0/s1. The summed E-state index contributed by atoms with van der Waals surface area (Å²) in [5.41, 5.74) is 0. The van der Waals surface area contributed by atoms with Gasteiger partial charge >= 0.3 is 11.9 Å². The number of carbonyl (C=O) groups excluding carboxylic acids is 2. The molecule has 50 heavy (non-hydrogen) atoms. The second kappa shape index (κ2) is 41.5. The molecule has 0 rings (SSSR count). The number of aliphatic hydroxyl groups excluding tert-OH is 1. The zero-order valence-corrected chi connectivity index (χ0v) is 33.2. The van der Waals surface area contributed by atoms with Gasteiger partial charge in [0.25, 0.3) is 0 Å². The third kappa shape index (κ3) is 38.9. The maximum atomic E-state index is 12.2. The average molecular weight is 703 g/mol. The first-order valence-electron chi connectivity index (χ1n) is 21.5. The van der Waals surface area contributed by atoms with Crippen LogP contribution in [0.5, 0.6) is 0 Å². The molecule has 292 valence electrons. The van der Waals surface area contributed by atoms with Crippen LogP contribution < -0.4 is 0 Å². The Hall–Kier alpha value is -1.88. The van der Waals surface area contributed by atoms with Gasteiger partial charge in [0, 0.05) is 12.8 Å². The van der Waals surface area contributed by atoms with Crippen molar-refractivity contribution < 1.29 is 24.2 Å². The normalized spacial score (nSPS) is 12.5. The number of hydrogen-bond acceptors (Lipinski definition) is 5. The van der Waals surface area contributed by atoms with E-state index in [1.54, 1.807) is 0 Å². The lowest BCUT2D eigenvalue weighted by Crippen LogP contribution is -2.28. The van der Waals surface area contributed by atoms with Gasteiger partial charge in [0.1, 0.15) is 6.61 Å². The van der Waals surface area contributed by atoms with E-state index in [0.29, 0.717) is 12.8 Å². The highest BCUT2D eigenvalue weighted by Gasteiger charge is 2.16. The van der Waals surface area contributed by atoms with Crippen molar-refractivity contribution in [1.29, 1.82) is 0 Å². The van der Waals surface area contributed by atoms with E-state index in [1.807, 2.05) is 0 Å². The molecule has 1 N–H and O–H groups in total. The van der Waals surface area contributed by atoms with Crippen LogP contribution in [0.1, 0.15) is 219 Å². The predicted molar refractivity (Wildman–Crippen MR) is 214 cm³/mol. The van der Waals surface area contributed by atoms with Gasteiger partial charge in [-0.3, -0.25) is 9.59 Å². The Balaban J connectivity index is 3.55. The monoisotopic (exact) mass is 703 g/mol. The highest BCUT2D eigenvalue weighted by Crippen LogP contribution is 2.15. The molecule has 5 heteroatoms. The average Bonchev–Trinajstić information content (AvgIpc) is 3.12. The first kappa shape index (κ1) is 48.1. The van der Waals surface area contributed by atoms with Gasteiger partial charge in [-0.25, -0.2) is 0 Å². The fraction of sp³-hybridized carbons (Fsp3) is 0.822. The molecule has 0 radical (unpaired) electrons. The van der Waals surface area contributed by atoms with Crippen molar-refractivity contribution in [3.8, 4) is 0 Å². The Morgan fingerprint density at radius 2 is 0.800 bits per heavy atom. The van der Waals surface area contributed by atoms with E-state index in [-0.39, 0.29) is 25.2 Å². The Morgan fingerprint density at radius 1 is 0.460 bits per heavy atom. The number of ether oxygens (including phenoxy) is 2. The van der Waals surface area contributed by atoms with Crippen LogP contribution in [0.3, 0.4) is 0 Å². The molecule has 0 saturated carbocycles. The summed E-state index contributed by atoms with van der Waals surface area (Å²) in [4.78, 5) is 24.3. The molecule has 0 aliphatic heterocycles. The summed E-state index contributed by atoms with van der Waals surface area (Å²) >= 11 is 0. The van der Waals surface area contributed by atoms with E-state index in [4.69, 9.17) is 9.47 Å².